The number of carbonyl (C=O) groups is 1. The minimum atomic E-state index is -0.374. The highest BCUT2D eigenvalue weighted by molar-refractivity contribution is 6.36. The molecule has 0 radical (unpaired) electrons. The molecule has 28 heavy (non-hydrogen) atoms. The molecule has 3 aliphatic heterocycles. The second kappa shape index (κ2) is 7.04. The molecule has 3 aliphatic rings. The summed E-state index contributed by atoms with van der Waals surface area (Å²) in [6.07, 6.45) is 2.07. The van der Waals surface area contributed by atoms with Gasteiger partial charge in [0.25, 0.3) is 5.91 Å². The third-order valence-electron chi connectivity index (χ3n) is 5.56. The van der Waals surface area contributed by atoms with Crippen molar-refractivity contribution >= 4 is 22.9 Å². The third-order valence-corrected chi connectivity index (χ3v) is 5.56. The summed E-state index contributed by atoms with van der Waals surface area (Å²) in [6, 6.07) is 11.0. The van der Waals surface area contributed by atoms with Crippen LogP contribution >= 0.6 is 0 Å². The van der Waals surface area contributed by atoms with Crippen LogP contribution in [0.4, 0.5) is 10.1 Å². The number of amides is 1. The lowest BCUT2D eigenvalue weighted by Gasteiger charge is -2.23. The number of hydrogen-bond donors (Lipinski definition) is 2. The summed E-state index contributed by atoms with van der Waals surface area (Å²) in [5, 5.41) is 6.37. The van der Waals surface area contributed by atoms with E-state index in [4.69, 9.17) is 9.47 Å². The van der Waals surface area contributed by atoms with Gasteiger partial charge in [-0.25, -0.2) is 4.39 Å². The van der Waals surface area contributed by atoms with Crippen LogP contribution in [0, 0.1) is 5.82 Å². The molecule has 2 aromatic carbocycles. The zero-order valence-corrected chi connectivity index (χ0v) is 15.4. The molecule has 144 valence electrons. The maximum absolute atomic E-state index is 13.7. The van der Waals surface area contributed by atoms with Crippen LogP contribution in [-0.4, -0.2) is 25.2 Å². The molecule has 1 fully saturated rings. The number of anilines is 1. The molecule has 5 rings (SSSR count). The lowest BCUT2D eigenvalue weighted by Crippen LogP contribution is -2.34. The van der Waals surface area contributed by atoms with Crippen molar-refractivity contribution in [2.75, 3.05) is 18.5 Å². The first kappa shape index (κ1) is 17.4. The highest BCUT2D eigenvalue weighted by Crippen LogP contribution is 2.41. The number of nitrogens with one attached hydrogen (secondary N) is 2. The van der Waals surface area contributed by atoms with Crippen molar-refractivity contribution in [2.45, 2.75) is 32.0 Å². The topological polar surface area (TPSA) is 59.6 Å². The fraction of sp³-hybridized carbons (Fsp3) is 0.318. The monoisotopic (exact) mass is 380 g/mol. The molecular formula is C22H21FN2O3. The molecule has 6 heteroatoms. The number of ether oxygens (including phenoxy) is 2. The third kappa shape index (κ3) is 3.08. The molecule has 0 spiro atoms. The standard InChI is InChI=1S/C22H21FN2O3/c23-15-2-4-19-18(10-15)20(22(26)25-19)21-17-3-1-13(9-14(17)12-28-21)11-24-16-5-7-27-8-6-16/h1-4,9-10,16,24H,5-8,11-12H2,(H,25,26)/b21-20+. The summed E-state index contributed by atoms with van der Waals surface area (Å²) in [4.78, 5) is 12.5. The molecule has 1 saturated heterocycles. The molecule has 1 amide bonds. The van der Waals surface area contributed by atoms with Gasteiger partial charge in [-0.2, -0.15) is 0 Å². The van der Waals surface area contributed by atoms with Crippen LogP contribution < -0.4 is 10.6 Å². The van der Waals surface area contributed by atoms with E-state index in [2.05, 4.69) is 22.8 Å². The van der Waals surface area contributed by atoms with Gasteiger partial charge in [0.15, 0.2) is 0 Å². The van der Waals surface area contributed by atoms with Crippen LogP contribution in [0.2, 0.25) is 0 Å². The number of fused-ring (bicyclic) bond motifs is 2. The molecule has 2 N–H and O–H groups in total. The quantitative estimate of drug-likeness (QED) is 0.801. The Labute approximate surface area is 162 Å². The van der Waals surface area contributed by atoms with E-state index in [1.54, 1.807) is 6.07 Å². The van der Waals surface area contributed by atoms with Gasteiger partial charge in [0.2, 0.25) is 0 Å². The lowest BCUT2D eigenvalue weighted by atomic mass is 9.99. The molecule has 0 bridgehead atoms. The predicted molar refractivity (Wildman–Crippen MR) is 104 cm³/mol. The maximum Gasteiger partial charge on any atom is 0.260 e. The summed E-state index contributed by atoms with van der Waals surface area (Å²) >= 11 is 0. The van der Waals surface area contributed by atoms with Gasteiger partial charge in [-0.05, 0) is 36.6 Å². The Hall–Kier alpha value is -2.70. The van der Waals surface area contributed by atoms with Gasteiger partial charge in [-0.1, -0.05) is 18.2 Å². The summed E-state index contributed by atoms with van der Waals surface area (Å²) in [6.45, 7) is 2.84. The van der Waals surface area contributed by atoms with Crippen molar-refractivity contribution in [3.05, 3.63) is 64.5 Å². The maximum atomic E-state index is 13.7. The molecular weight excluding hydrogens is 359 g/mol. The number of carbonyl (C=O) groups excluding carboxylic acids is 1. The van der Waals surface area contributed by atoms with Gasteiger partial charge in [0, 0.05) is 48.2 Å². The van der Waals surface area contributed by atoms with E-state index in [1.807, 2.05) is 6.07 Å². The second-order valence-electron chi connectivity index (χ2n) is 7.40. The van der Waals surface area contributed by atoms with Crippen LogP contribution in [0.1, 0.15) is 35.1 Å². The average Bonchev–Trinajstić information content (AvgIpc) is 3.26. The van der Waals surface area contributed by atoms with E-state index < -0.39 is 0 Å². The van der Waals surface area contributed by atoms with E-state index in [9.17, 15) is 9.18 Å². The molecule has 0 aromatic heterocycles. The summed E-state index contributed by atoms with van der Waals surface area (Å²) < 4.78 is 25.0. The highest BCUT2D eigenvalue weighted by Gasteiger charge is 2.32. The van der Waals surface area contributed by atoms with Crippen molar-refractivity contribution in [3.63, 3.8) is 0 Å². The molecule has 0 unspecified atom stereocenters. The number of rotatable bonds is 3. The van der Waals surface area contributed by atoms with Gasteiger partial charge < -0.3 is 20.1 Å². The predicted octanol–water partition coefficient (Wildman–Crippen LogP) is 3.44. The van der Waals surface area contributed by atoms with Gasteiger partial charge in [-0.3, -0.25) is 4.79 Å². The number of benzene rings is 2. The minimum absolute atomic E-state index is 0.256. The number of hydrogen-bond acceptors (Lipinski definition) is 4. The first-order valence-corrected chi connectivity index (χ1v) is 9.61. The Bertz CT molecular complexity index is 980. The average molecular weight is 380 g/mol. The van der Waals surface area contributed by atoms with E-state index in [0.717, 1.165) is 43.7 Å². The minimum Gasteiger partial charge on any atom is -0.487 e. The second-order valence-corrected chi connectivity index (χ2v) is 7.40. The Kier molecular flexibility index (Phi) is 4.37. The lowest BCUT2D eigenvalue weighted by molar-refractivity contribution is -0.110. The van der Waals surface area contributed by atoms with E-state index in [-0.39, 0.29) is 11.7 Å². The Morgan fingerprint density at radius 3 is 2.82 bits per heavy atom. The molecule has 2 aromatic rings. The first-order chi connectivity index (χ1) is 13.7. The van der Waals surface area contributed by atoms with Gasteiger partial charge >= 0.3 is 0 Å². The van der Waals surface area contributed by atoms with Crippen LogP contribution in [0.5, 0.6) is 0 Å². The number of halogens is 1. The Morgan fingerprint density at radius 1 is 1.11 bits per heavy atom. The molecule has 5 nitrogen and oxygen atoms in total. The van der Waals surface area contributed by atoms with E-state index in [0.29, 0.717) is 35.2 Å². The van der Waals surface area contributed by atoms with Gasteiger partial charge in [0.05, 0.1) is 5.57 Å². The van der Waals surface area contributed by atoms with E-state index in [1.165, 1.54) is 17.7 Å². The summed E-state index contributed by atoms with van der Waals surface area (Å²) in [5.41, 5.74) is 4.70. The molecule has 3 heterocycles. The Morgan fingerprint density at radius 2 is 1.96 bits per heavy atom. The fourth-order valence-corrected chi connectivity index (χ4v) is 4.06. The van der Waals surface area contributed by atoms with Crippen molar-refractivity contribution in [1.29, 1.82) is 0 Å². The van der Waals surface area contributed by atoms with Crippen molar-refractivity contribution < 1.29 is 18.7 Å². The molecule has 0 saturated carbocycles. The Balaban J connectivity index is 1.42. The van der Waals surface area contributed by atoms with Crippen LogP contribution in [0.25, 0.3) is 11.3 Å². The zero-order chi connectivity index (χ0) is 19.1. The van der Waals surface area contributed by atoms with E-state index >= 15 is 0 Å². The van der Waals surface area contributed by atoms with Crippen molar-refractivity contribution in [3.8, 4) is 0 Å². The fourth-order valence-electron chi connectivity index (χ4n) is 4.06. The van der Waals surface area contributed by atoms with Gasteiger partial charge in [-0.15, -0.1) is 0 Å². The normalized spacial score (nSPS) is 21.2. The van der Waals surface area contributed by atoms with Crippen LogP contribution in [-0.2, 0) is 27.4 Å². The van der Waals surface area contributed by atoms with Crippen LogP contribution in [0.15, 0.2) is 36.4 Å². The van der Waals surface area contributed by atoms with Gasteiger partial charge in [0.1, 0.15) is 18.2 Å². The largest absolute Gasteiger partial charge is 0.487 e. The molecule has 0 atom stereocenters. The van der Waals surface area contributed by atoms with Crippen molar-refractivity contribution in [1.82, 2.24) is 5.32 Å². The van der Waals surface area contributed by atoms with Crippen LogP contribution in [0.3, 0.4) is 0 Å². The summed E-state index contributed by atoms with van der Waals surface area (Å²) in [7, 11) is 0. The zero-order valence-electron chi connectivity index (χ0n) is 15.4. The summed E-state index contributed by atoms with van der Waals surface area (Å²) in [5.74, 6) is -0.101. The smallest absolute Gasteiger partial charge is 0.260 e. The SMILES string of the molecule is O=C1Nc2ccc(F)cc2/C1=C1\OCc2cc(CNC3CCOCC3)ccc21. The van der Waals surface area contributed by atoms with Crippen molar-refractivity contribution in [2.24, 2.45) is 0 Å². The molecule has 0 aliphatic carbocycles. The first-order valence-electron chi connectivity index (χ1n) is 9.61. The highest BCUT2D eigenvalue weighted by atomic mass is 19.1.